The van der Waals surface area contributed by atoms with Crippen LogP contribution in [0.1, 0.15) is 25.7 Å². The Morgan fingerprint density at radius 3 is 2.06 bits per heavy atom. The molecule has 1 heterocycles. The average molecular weight is 232 g/mol. The van der Waals surface area contributed by atoms with Crippen molar-refractivity contribution in [2.24, 2.45) is 11.8 Å². The third kappa shape index (κ3) is 2.62. The molecular formula is C11H18BF3N-. The smallest absolute Gasteiger partial charge is 0.445 e. The van der Waals surface area contributed by atoms with Crippen LogP contribution in [0.5, 0.6) is 0 Å². The summed E-state index contributed by atoms with van der Waals surface area (Å²) < 4.78 is 37.2. The minimum Gasteiger partial charge on any atom is -0.445 e. The summed E-state index contributed by atoms with van der Waals surface area (Å²) in [7, 11) is 0. The van der Waals surface area contributed by atoms with Crippen molar-refractivity contribution in [1.29, 1.82) is 0 Å². The van der Waals surface area contributed by atoms with E-state index in [-0.39, 0.29) is 6.54 Å². The monoisotopic (exact) mass is 232 g/mol. The molecule has 1 saturated heterocycles. The highest BCUT2D eigenvalue weighted by Gasteiger charge is 2.36. The van der Waals surface area contributed by atoms with E-state index in [0.29, 0.717) is 11.8 Å². The molecule has 0 aromatic carbocycles. The van der Waals surface area contributed by atoms with Crippen LogP contribution in [0.3, 0.4) is 0 Å². The van der Waals surface area contributed by atoms with Crippen LogP contribution in [0.4, 0.5) is 12.9 Å². The quantitative estimate of drug-likeness (QED) is 0.676. The normalized spacial score (nSPS) is 31.4. The minimum absolute atomic E-state index is 0.0243. The minimum atomic E-state index is -4.85. The highest BCUT2D eigenvalue weighted by molar-refractivity contribution is 6.66. The van der Waals surface area contributed by atoms with Crippen molar-refractivity contribution in [3.05, 3.63) is 12.1 Å². The van der Waals surface area contributed by atoms with Crippen LogP contribution in [0.15, 0.2) is 12.1 Å². The van der Waals surface area contributed by atoms with Crippen molar-refractivity contribution in [3.8, 4) is 0 Å². The number of hydrogen-bond acceptors (Lipinski definition) is 1. The van der Waals surface area contributed by atoms with Gasteiger partial charge in [-0.1, -0.05) is 12.8 Å². The van der Waals surface area contributed by atoms with Gasteiger partial charge in [-0.15, -0.1) is 12.1 Å². The first-order valence-corrected chi connectivity index (χ1v) is 6.07. The molecule has 0 aromatic rings. The van der Waals surface area contributed by atoms with Crippen LogP contribution in [0.25, 0.3) is 0 Å². The lowest BCUT2D eigenvalue weighted by Crippen LogP contribution is -2.31. The fourth-order valence-corrected chi connectivity index (χ4v) is 3.02. The number of hydrogen-bond donors (Lipinski definition) is 0. The molecule has 0 aromatic heterocycles. The van der Waals surface area contributed by atoms with Gasteiger partial charge in [0, 0.05) is 13.1 Å². The fourth-order valence-electron chi connectivity index (χ4n) is 3.02. The van der Waals surface area contributed by atoms with E-state index in [1.165, 1.54) is 25.7 Å². The molecular weight excluding hydrogens is 214 g/mol. The molecule has 2 rings (SSSR count). The standard InChI is InChI=1S/C11H18BF3N/c1-9(12(13,14)15)6-16-7-10-4-2-3-5-11(10)8-16/h10-11H,1-8H2/q-1/t10-,11+. The molecule has 1 aliphatic heterocycles. The molecule has 2 fully saturated rings. The first kappa shape index (κ1) is 12.0. The van der Waals surface area contributed by atoms with Crippen molar-refractivity contribution in [3.63, 3.8) is 0 Å². The maximum Gasteiger partial charge on any atom is 0.506 e. The van der Waals surface area contributed by atoms with Crippen LogP contribution in [-0.2, 0) is 0 Å². The predicted molar refractivity (Wildman–Crippen MR) is 60.1 cm³/mol. The van der Waals surface area contributed by atoms with Crippen molar-refractivity contribution >= 4 is 6.98 Å². The van der Waals surface area contributed by atoms with Gasteiger partial charge in [-0.25, -0.2) is 0 Å². The van der Waals surface area contributed by atoms with Crippen molar-refractivity contribution in [1.82, 2.24) is 4.90 Å². The van der Waals surface area contributed by atoms with Gasteiger partial charge in [0.25, 0.3) is 0 Å². The third-order valence-electron chi connectivity index (χ3n) is 3.94. The molecule has 1 aliphatic carbocycles. The van der Waals surface area contributed by atoms with Crippen molar-refractivity contribution in [2.75, 3.05) is 19.6 Å². The second-order valence-corrected chi connectivity index (χ2v) is 5.23. The van der Waals surface area contributed by atoms with E-state index >= 15 is 0 Å². The van der Waals surface area contributed by atoms with E-state index in [4.69, 9.17) is 0 Å². The molecule has 0 amide bonds. The van der Waals surface area contributed by atoms with E-state index in [1.54, 1.807) is 0 Å². The summed E-state index contributed by atoms with van der Waals surface area (Å²) >= 11 is 0. The lowest BCUT2D eigenvalue weighted by atomic mass is 9.80. The maximum atomic E-state index is 12.4. The molecule has 16 heavy (non-hydrogen) atoms. The van der Waals surface area contributed by atoms with Crippen molar-refractivity contribution < 1.29 is 12.9 Å². The second-order valence-electron chi connectivity index (χ2n) is 5.23. The Balaban J connectivity index is 1.87. The molecule has 1 saturated carbocycles. The zero-order valence-corrected chi connectivity index (χ0v) is 9.47. The second kappa shape index (κ2) is 4.44. The molecule has 2 atom stereocenters. The Labute approximate surface area is 94.7 Å². The van der Waals surface area contributed by atoms with Gasteiger partial charge in [0.15, 0.2) is 0 Å². The third-order valence-corrected chi connectivity index (χ3v) is 3.94. The molecule has 92 valence electrons. The molecule has 0 unspecified atom stereocenters. The van der Waals surface area contributed by atoms with Crippen molar-refractivity contribution in [2.45, 2.75) is 25.7 Å². The largest absolute Gasteiger partial charge is 0.506 e. The zero-order chi connectivity index (χ0) is 11.8. The molecule has 0 N–H and O–H groups in total. The first-order chi connectivity index (χ1) is 7.47. The number of nitrogens with zero attached hydrogens (tertiary/aromatic N) is 1. The van der Waals surface area contributed by atoms with E-state index in [9.17, 15) is 12.9 Å². The number of halogens is 3. The Kier molecular flexibility index (Phi) is 3.33. The van der Waals surface area contributed by atoms with Gasteiger partial charge in [-0.3, -0.25) is 0 Å². The van der Waals surface area contributed by atoms with Crippen LogP contribution in [-0.4, -0.2) is 31.5 Å². The van der Waals surface area contributed by atoms with Gasteiger partial charge in [-0.2, -0.15) is 0 Å². The summed E-state index contributed by atoms with van der Waals surface area (Å²) in [6.07, 6.45) is 4.90. The summed E-state index contributed by atoms with van der Waals surface area (Å²) in [5, 5.41) is 0. The Bertz CT molecular complexity index is 263. The summed E-state index contributed by atoms with van der Waals surface area (Å²) in [5.41, 5.74) is -0.543. The summed E-state index contributed by atoms with van der Waals surface area (Å²) in [6.45, 7) is 0.0269. The van der Waals surface area contributed by atoms with E-state index < -0.39 is 12.4 Å². The SMILES string of the molecule is C=C(CN1C[C@H]2CCCC[C@H]2C1)[B-](F)(F)F. The molecule has 0 bridgehead atoms. The Hall–Kier alpha value is -0.445. The predicted octanol–water partition coefficient (Wildman–Crippen LogP) is 3.05. The van der Waals surface area contributed by atoms with Gasteiger partial charge in [0.1, 0.15) is 0 Å². The number of fused-ring (bicyclic) bond motifs is 1. The van der Waals surface area contributed by atoms with Gasteiger partial charge < -0.3 is 17.8 Å². The zero-order valence-electron chi connectivity index (χ0n) is 9.47. The molecule has 2 aliphatic rings. The molecule has 0 spiro atoms. The molecule has 5 heteroatoms. The Morgan fingerprint density at radius 2 is 1.62 bits per heavy atom. The number of likely N-dealkylation sites (tertiary alicyclic amines) is 1. The molecule has 0 radical (unpaired) electrons. The topological polar surface area (TPSA) is 3.24 Å². The lowest BCUT2D eigenvalue weighted by Gasteiger charge is -2.23. The Morgan fingerprint density at radius 1 is 1.12 bits per heavy atom. The van der Waals surface area contributed by atoms with Gasteiger partial charge in [0.05, 0.1) is 0 Å². The van der Waals surface area contributed by atoms with Gasteiger partial charge in [0.2, 0.25) is 0 Å². The highest BCUT2D eigenvalue weighted by Crippen LogP contribution is 2.36. The fraction of sp³-hybridized carbons (Fsp3) is 0.818. The van der Waals surface area contributed by atoms with Crippen LogP contribution < -0.4 is 0 Å². The van der Waals surface area contributed by atoms with Crippen LogP contribution in [0, 0.1) is 11.8 Å². The summed E-state index contributed by atoms with van der Waals surface area (Å²) in [4.78, 5) is 1.94. The summed E-state index contributed by atoms with van der Waals surface area (Å²) in [5.74, 6) is 1.28. The highest BCUT2D eigenvalue weighted by atomic mass is 19.4. The number of rotatable bonds is 3. The lowest BCUT2D eigenvalue weighted by molar-refractivity contribution is 0.299. The van der Waals surface area contributed by atoms with E-state index in [1.807, 2.05) is 4.90 Å². The maximum absolute atomic E-state index is 12.4. The van der Waals surface area contributed by atoms with Gasteiger partial charge in [-0.05, 0) is 31.2 Å². The van der Waals surface area contributed by atoms with Gasteiger partial charge >= 0.3 is 6.98 Å². The summed E-state index contributed by atoms with van der Waals surface area (Å²) in [6, 6.07) is 0. The molecule has 1 nitrogen and oxygen atoms in total. The first-order valence-electron chi connectivity index (χ1n) is 6.07. The van der Waals surface area contributed by atoms with Crippen LogP contribution >= 0.6 is 0 Å². The van der Waals surface area contributed by atoms with E-state index in [0.717, 1.165) is 13.1 Å². The van der Waals surface area contributed by atoms with Crippen LogP contribution in [0.2, 0.25) is 0 Å². The average Bonchev–Trinajstić information content (AvgIpc) is 2.58. The van der Waals surface area contributed by atoms with E-state index in [2.05, 4.69) is 6.58 Å².